The summed E-state index contributed by atoms with van der Waals surface area (Å²) in [6.45, 7) is 3.49. The quantitative estimate of drug-likeness (QED) is 0.386. The van der Waals surface area contributed by atoms with Gasteiger partial charge in [0, 0.05) is 17.8 Å². The molecule has 0 N–H and O–H groups in total. The number of carbonyl (C=O) groups is 2. The molecule has 6 heteroatoms. The van der Waals surface area contributed by atoms with Crippen LogP contribution in [-0.4, -0.2) is 27.2 Å². The molecule has 3 aromatic rings. The normalized spacial score (nSPS) is 12.4. The molecule has 0 amide bonds. The summed E-state index contributed by atoms with van der Waals surface area (Å²) in [6, 6.07) is 12.6. The smallest absolute Gasteiger partial charge is 0.331 e. The number of esters is 1. The summed E-state index contributed by atoms with van der Waals surface area (Å²) in [5.41, 5.74) is 2.80. The maximum absolute atomic E-state index is 12.3. The van der Waals surface area contributed by atoms with E-state index in [0.717, 1.165) is 5.56 Å². The van der Waals surface area contributed by atoms with E-state index in [4.69, 9.17) is 16.3 Å². The standard InChI is InChI=1S/C20H17ClN2O3/c1-13-6-8-15(9-7-13)19(25)14(2)26-18(24)11-10-16-20(21)22-17-5-3-4-12-23(16)17/h3-12,14H,1-2H3/b11-10+/t14-/m0/s1. The first-order valence-electron chi connectivity index (χ1n) is 8.08. The predicted molar refractivity (Wildman–Crippen MR) is 100 cm³/mol. The van der Waals surface area contributed by atoms with Crippen molar-refractivity contribution < 1.29 is 14.3 Å². The first-order chi connectivity index (χ1) is 12.5. The fraction of sp³-hybridized carbons (Fsp3) is 0.150. The third kappa shape index (κ3) is 3.83. The van der Waals surface area contributed by atoms with Crippen LogP contribution in [0.15, 0.2) is 54.7 Å². The number of carbonyl (C=O) groups excluding carboxylic acids is 2. The van der Waals surface area contributed by atoms with Crippen LogP contribution >= 0.6 is 11.6 Å². The SMILES string of the molecule is Cc1ccc(C(=O)[C@H](C)OC(=O)/C=C/c2c(Cl)nc3ccccn23)cc1. The lowest BCUT2D eigenvalue weighted by molar-refractivity contribution is -0.140. The lowest BCUT2D eigenvalue weighted by Gasteiger charge is -2.11. The zero-order valence-electron chi connectivity index (χ0n) is 14.3. The fourth-order valence-corrected chi connectivity index (χ4v) is 2.74. The van der Waals surface area contributed by atoms with Gasteiger partial charge in [-0.15, -0.1) is 0 Å². The van der Waals surface area contributed by atoms with Gasteiger partial charge in [-0.25, -0.2) is 9.78 Å². The summed E-state index contributed by atoms with van der Waals surface area (Å²) in [5.74, 6) is -0.875. The molecule has 3 rings (SSSR count). The Labute approximate surface area is 155 Å². The Hall–Kier alpha value is -2.92. The molecule has 0 fully saturated rings. The summed E-state index contributed by atoms with van der Waals surface area (Å²) < 4.78 is 6.96. The van der Waals surface area contributed by atoms with Crippen LogP contribution in [0.2, 0.25) is 5.15 Å². The van der Waals surface area contributed by atoms with E-state index in [1.165, 1.54) is 12.2 Å². The molecule has 0 aliphatic carbocycles. The minimum atomic E-state index is -0.882. The highest BCUT2D eigenvalue weighted by atomic mass is 35.5. The van der Waals surface area contributed by atoms with Crippen molar-refractivity contribution in [3.05, 3.63) is 76.7 Å². The van der Waals surface area contributed by atoms with Gasteiger partial charge in [-0.2, -0.15) is 0 Å². The summed E-state index contributed by atoms with van der Waals surface area (Å²) in [4.78, 5) is 28.6. The molecule has 0 unspecified atom stereocenters. The Bertz CT molecular complexity index is 990. The number of imidazole rings is 1. The van der Waals surface area contributed by atoms with Crippen LogP contribution in [0.3, 0.4) is 0 Å². The first kappa shape index (κ1) is 17.9. The minimum absolute atomic E-state index is 0.250. The van der Waals surface area contributed by atoms with Crippen molar-refractivity contribution in [1.29, 1.82) is 0 Å². The number of aryl methyl sites for hydroxylation is 1. The average molecular weight is 369 g/mol. The van der Waals surface area contributed by atoms with Crippen LogP contribution in [0.1, 0.15) is 28.5 Å². The highest BCUT2D eigenvalue weighted by Gasteiger charge is 2.18. The van der Waals surface area contributed by atoms with E-state index in [-0.39, 0.29) is 10.9 Å². The number of fused-ring (bicyclic) bond motifs is 1. The molecule has 132 valence electrons. The van der Waals surface area contributed by atoms with Crippen LogP contribution in [0.5, 0.6) is 0 Å². The molecule has 2 heterocycles. The largest absolute Gasteiger partial charge is 0.451 e. The van der Waals surface area contributed by atoms with E-state index < -0.39 is 12.1 Å². The van der Waals surface area contributed by atoms with Crippen LogP contribution in [-0.2, 0) is 9.53 Å². The zero-order chi connectivity index (χ0) is 18.7. The van der Waals surface area contributed by atoms with E-state index >= 15 is 0 Å². The second-order valence-electron chi connectivity index (χ2n) is 5.86. The Morgan fingerprint density at radius 1 is 1.19 bits per heavy atom. The number of hydrogen-bond acceptors (Lipinski definition) is 4. The van der Waals surface area contributed by atoms with E-state index in [0.29, 0.717) is 16.9 Å². The maximum Gasteiger partial charge on any atom is 0.331 e. The third-order valence-corrected chi connectivity index (χ3v) is 4.18. The highest BCUT2D eigenvalue weighted by molar-refractivity contribution is 6.31. The van der Waals surface area contributed by atoms with Crippen molar-refractivity contribution in [2.45, 2.75) is 20.0 Å². The van der Waals surface area contributed by atoms with Crippen LogP contribution in [0, 0.1) is 6.92 Å². The third-order valence-electron chi connectivity index (χ3n) is 3.90. The number of pyridine rings is 1. The molecule has 0 saturated heterocycles. The number of benzene rings is 1. The molecule has 5 nitrogen and oxygen atoms in total. The average Bonchev–Trinajstić information content (AvgIpc) is 2.95. The van der Waals surface area contributed by atoms with E-state index in [1.807, 2.05) is 37.3 Å². The summed E-state index contributed by atoms with van der Waals surface area (Å²) in [6.07, 6.45) is 3.67. The van der Waals surface area contributed by atoms with Gasteiger partial charge in [0.1, 0.15) is 5.65 Å². The molecule has 0 aliphatic heterocycles. The predicted octanol–water partition coefficient (Wildman–Crippen LogP) is 4.12. The van der Waals surface area contributed by atoms with Gasteiger partial charge in [-0.3, -0.25) is 9.20 Å². The fourth-order valence-electron chi connectivity index (χ4n) is 2.50. The first-order valence-corrected chi connectivity index (χ1v) is 8.45. The monoisotopic (exact) mass is 368 g/mol. The molecule has 0 bridgehead atoms. The van der Waals surface area contributed by atoms with E-state index in [9.17, 15) is 9.59 Å². The lowest BCUT2D eigenvalue weighted by atomic mass is 10.1. The van der Waals surface area contributed by atoms with Crippen molar-refractivity contribution in [2.24, 2.45) is 0 Å². The minimum Gasteiger partial charge on any atom is -0.451 e. The molecular formula is C20H17ClN2O3. The Kier molecular flexibility index (Phi) is 5.19. The summed E-state index contributed by atoms with van der Waals surface area (Å²) in [7, 11) is 0. The molecule has 0 saturated carbocycles. The van der Waals surface area contributed by atoms with Crippen LogP contribution < -0.4 is 0 Å². The lowest BCUT2D eigenvalue weighted by Crippen LogP contribution is -2.23. The van der Waals surface area contributed by atoms with Gasteiger partial charge in [0.05, 0.1) is 5.69 Å². The van der Waals surface area contributed by atoms with Gasteiger partial charge in [-0.1, -0.05) is 47.5 Å². The molecule has 0 radical (unpaired) electrons. The van der Waals surface area contributed by atoms with E-state index in [2.05, 4.69) is 4.98 Å². The van der Waals surface area contributed by atoms with E-state index in [1.54, 1.807) is 29.7 Å². The number of hydrogen-bond donors (Lipinski definition) is 0. The highest BCUT2D eigenvalue weighted by Crippen LogP contribution is 2.19. The molecule has 26 heavy (non-hydrogen) atoms. The molecule has 1 atom stereocenters. The Morgan fingerprint density at radius 2 is 1.92 bits per heavy atom. The van der Waals surface area contributed by atoms with Gasteiger partial charge < -0.3 is 4.74 Å². The van der Waals surface area contributed by atoms with Crippen LogP contribution in [0.4, 0.5) is 0 Å². The number of aromatic nitrogens is 2. The van der Waals surface area contributed by atoms with Crippen molar-refractivity contribution >= 4 is 35.1 Å². The number of nitrogens with zero attached hydrogens (tertiary/aromatic N) is 2. The summed E-state index contributed by atoms with van der Waals surface area (Å²) >= 11 is 6.11. The van der Waals surface area contributed by atoms with Gasteiger partial charge in [0.15, 0.2) is 11.3 Å². The molecular weight excluding hydrogens is 352 g/mol. The van der Waals surface area contributed by atoms with Gasteiger partial charge in [0.25, 0.3) is 0 Å². The Balaban J connectivity index is 1.69. The summed E-state index contributed by atoms with van der Waals surface area (Å²) in [5, 5.41) is 0.282. The zero-order valence-corrected chi connectivity index (χ0v) is 15.1. The number of ether oxygens (including phenoxy) is 1. The second kappa shape index (κ2) is 7.54. The van der Waals surface area contributed by atoms with Gasteiger partial charge in [0.2, 0.25) is 5.78 Å². The van der Waals surface area contributed by atoms with Crippen molar-refractivity contribution in [3.63, 3.8) is 0 Å². The van der Waals surface area contributed by atoms with Gasteiger partial charge >= 0.3 is 5.97 Å². The number of ketones is 1. The van der Waals surface area contributed by atoms with Crippen molar-refractivity contribution in [1.82, 2.24) is 9.38 Å². The van der Waals surface area contributed by atoms with Crippen molar-refractivity contribution in [3.8, 4) is 0 Å². The number of Topliss-reactive ketones (excluding diaryl/α,β-unsaturated/α-hetero) is 1. The maximum atomic E-state index is 12.3. The Morgan fingerprint density at radius 3 is 2.65 bits per heavy atom. The molecule has 1 aromatic carbocycles. The number of rotatable bonds is 5. The van der Waals surface area contributed by atoms with Crippen molar-refractivity contribution in [2.75, 3.05) is 0 Å². The molecule has 0 spiro atoms. The topological polar surface area (TPSA) is 60.7 Å². The molecule has 0 aliphatic rings. The van der Waals surface area contributed by atoms with Gasteiger partial charge in [-0.05, 0) is 32.1 Å². The molecule has 2 aromatic heterocycles. The second-order valence-corrected chi connectivity index (χ2v) is 6.22. The number of halogens is 1. The van der Waals surface area contributed by atoms with Crippen LogP contribution in [0.25, 0.3) is 11.7 Å².